The molecular formula is C19H15F3N2O3S2. The summed E-state index contributed by atoms with van der Waals surface area (Å²) in [6.07, 6.45) is -5.58. The summed E-state index contributed by atoms with van der Waals surface area (Å²) in [5, 5.41) is 14.4. The van der Waals surface area contributed by atoms with Crippen molar-refractivity contribution in [2.24, 2.45) is 0 Å². The maximum absolute atomic E-state index is 12.9. The Bertz CT molecular complexity index is 1170. The lowest BCUT2D eigenvalue weighted by Gasteiger charge is -2.36. The molecule has 2 aromatic carbocycles. The van der Waals surface area contributed by atoms with Gasteiger partial charge in [0, 0.05) is 22.4 Å². The molecule has 0 saturated carbocycles. The summed E-state index contributed by atoms with van der Waals surface area (Å²) in [4.78, 5) is 1.54. The second-order valence-corrected chi connectivity index (χ2v) is 9.05. The van der Waals surface area contributed by atoms with Crippen molar-refractivity contribution in [3.8, 4) is 11.1 Å². The fourth-order valence-corrected chi connectivity index (χ4v) is 4.93. The van der Waals surface area contributed by atoms with Crippen LogP contribution in [0.4, 0.5) is 24.5 Å². The molecule has 5 nitrogen and oxygen atoms in total. The lowest BCUT2D eigenvalue weighted by molar-refractivity contribution is -0.137. The van der Waals surface area contributed by atoms with Crippen LogP contribution in [-0.2, 0) is 16.2 Å². The van der Waals surface area contributed by atoms with E-state index in [1.54, 1.807) is 16.8 Å². The van der Waals surface area contributed by atoms with Crippen molar-refractivity contribution in [1.82, 2.24) is 4.72 Å². The molecule has 152 valence electrons. The average molecular weight is 440 g/mol. The number of fused-ring (bicyclic) bond motifs is 3. The minimum absolute atomic E-state index is 0.0552. The highest BCUT2D eigenvalue weighted by Gasteiger charge is 2.34. The standard InChI is InChI=1S/C19H15F3N2O3S2/c1-23-29(26,27)13-6-7-17-14(8-13)15-9-28-10-16(15)18(25)24(17)12-4-2-11(3-5-12)19(20,21)22/h2-10,18,23,25H,1H3. The summed E-state index contributed by atoms with van der Waals surface area (Å²) in [5.41, 5.74) is 1.88. The zero-order chi connectivity index (χ0) is 21.0. The number of aliphatic hydroxyl groups excluding tert-OH is 1. The number of alkyl halides is 3. The Hall–Kier alpha value is -2.40. The number of benzene rings is 2. The van der Waals surface area contributed by atoms with E-state index in [2.05, 4.69) is 4.72 Å². The van der Waals surface area contributed by atoms with Crippen molar-refractivity contribution >= 4 is 32.7 Å². The Morgan fingerprint density at radius 2 is 1.76 bits per heavy atom. The van der Waals surface area contributed by atoms with Gasteiger partial charge in [0.25, 0.3) is 0 Å². The van der Waals surface area contributed by atoms with Crippen LogP contribution in [0.5, 0.6) is 0 Å². The largest absolute Gasteiger partial charge is 0.416 e. The van der Waals surface area contributed by atoms with Gasteiger partial charge in [-0.25, -0.2) is 13.1 Å². The van der Waals surface area contributed by atoms with E-state index in [4.69, 9.17) is 0 Å². The first-order chi connectivity index (χ1) is 13.6. The lowest BCUT2D eigenvalue weighted by atomic mass is 9.95. The smallest absolute Gasteiger partial charge is 0.369 e. The fourth-order valence-electron chi connectivity index (χ4n) is 3.31. The third-order valence-corrected chi connectivity index (χ3v) is 6.96. The molecule has 4 rings (SSSR count). The van der Waals surface area contributed by atoms with Crippen molar-refractivity contribution in [2.75, 3.05) is 11.9 Å². The number of halogens is 3. The average Bonchev–Trinajstić information content (AvgIpc) is 3.18. The third-order valence-electron chi connectivity index (χ3n) is 4.78. The molecule has 0 fully saturated rings. The molecule has 0 aliphatic carbocycles. The molecule has 2 N–H and O–H groups in total. The third kappa shape index (κ3) is 3.31. The first kappa shape index (κ1) is 19.9. The van der Waals surface area contributed by atoms with Gasteiger partial charge >= 0.3 is 6.18 Å². The van der Waals surface area contributed by atoms with Crippen LogP contribution in [-0.4, -0.2) is 20.6 Å². The molecule has 0 amide bonds. The van der Waals surface area contributed by atoms with E-state index in [0.29, 0.717) is 28.1 Å². The molecule has 0 bridgehead atoms. The van der Waals surface area contributed by atoms with Crippen LogP contribution in [0.15, 0.2) is 58.1 Å². The van der Waals surface area contributed by atoms with Crippen molar-refractivity contribution < 1.29 is 26.7 Å². The van der Waals surface area contributed by atoms with Crippen LogP contribution in [0.25, 0.3) is 11.1 Å². The second-order valence-electron chi connectivity index (χ2n) is 6.42. The van der Waals surface area contributed by atoms with E-state index in [1.165, 1.54) is 47.5 Å². The van der Waals surface area contributed by atoms with E-state index < -0.39 is 28.0 Å². The van der Waals surface area contributed by atoms with Gasteiger partial charge in [0.15, 0.2) is 6.23 Å². The summed E-state index contributed by atoms with van der Waals surface area (Å²) < 4.78 is 65.4. The van der Waals surface area contributed by atoms with E-state index in [9.17, 15) is 26.7 Å². The van der Waals surface area contributed by atoms with Crippen molar-refractivity contribution in [1.29, 1.82) is 0 Å². The summed E-state index contributed by atoms with van der Waals surface area (Å²) in [6, 6.07) is 8.90. The van der Waals surface area contributed by atoms with Crippen LogP contribution in [0, 0.1) is 0 Å². The van der Waals surface area contributed by atoms with Crippen molar-refractivity contribution in [2.45, 2.75) is 17.3 Å². The minimum atomic E-state index is -4.46. The highest BCUT2D eigenvalue weighted by molar-refractivity contribution is 7.89. The maximum atomic E-state index is 12.9. The molecule has 3 aromatic rings. The van der Waals surface area contributed by atoms with Gasteiger partial charge in [-0.1, -0.05) is 0 Å². The molecular weight excluding hydrogens is 425 g/mol. The zero-order valence-corrected chi connectivity index (χ0v) is 16.6. The molecule has 1 unspecified atom stereocenters. The van der Waals surface area contributed by atoms with E-state index in [0.717, 1.165) is 12.1 Å². The SMILES string of the molecule is CNS(=O)(=O)c1ccc2c(c1)-c1cscc1C(O)N2c1ccc(C(F)(F)F)cc1. The second kappa shape index (κ2) is 6.84. The fraction of sp³-hybridized carbons (Fsp3) is 0.158. The molecule has 0 saturated heterocycles. The molecule has 0 radical (unpaired) electrons. The van der Waals surface area contributed by atoms with Crippen LogP contribution in [0.3, 0.4) is 0 Å². The van der Waals surface area contributed by atoms with Gasteiger partial charge in [-0.05, 0) is 60.3 Å². The molecule has 10 heteroatoms. The molecule has 29 heavy (non-hydrogen) atoms. The molecule has 2 heterocycles. The van der Waals surface area contributed by atoms with Crippen molar-refractivity contribution in [3.63, 3.8) is 0 Å². The maximum Gasteiger partial charge on any atom is 0.416 e. The molecule has 1 aromatic heterocycles. The highest BCUT2D eigenvalue weighted by Crippen LogP contribution is 2.49. The summed E-state index contributed by atoms with van der Waals surface area (Å²) in [6.45, 7) is 0. The van der Waals surface area contributed by atoms with Gasteiger partial charge in [-0.15, -0.1) is 0 Å². The summed E-state index contributed by atoms with van der Waals surface area (Å²) >= 11 is 1.34. The Labute approximate surface area is 169 Å². The quantitative estimate of drug-likeness (QED) is 0.630. The Morgan fingerprint density at radius 3 is 2.38 bits per heavy atom. The van der Waals surface area contributed by atoms with Gasteiger partial charge in [0.05, 0.1) is 16.1 Å². The topological polar surface area (TPSA) is 69.6 Å². The lowest BCUT2D eigenvalue weighted by Crippen LogP contribution is -2.27. The first-order valence-corrected chi connectivity index (χ1v) is 10.8. The number of sulfonamides is 1. The normalized spacial score (nSPS) is 16.4. The number of rotatable bonds is 3. The van der Waals surface area contributed by atoms with Crippen LogP contribution in [0.1, 0.15) is 17.4 Å². The Balaban J connectivity index is 1.88. The molecule has 0 spiro atoms. The van der Waals surface area contributed by atoms with Crippen molar-refractivity contribution in [3.05, 3.63) is 64.4 Å². The Kier molecular flexibility index (Phi) is 4.69. The zero-order valence-electron chi connectivity index (χ0n) is 14.9. The summed E-state index contributed by atoms with van der Waals surface area (Å²) in [5.74, 6) is 0. The van der Waals surface area contributed by atoms with E-state index >= 15 is 0 Å². The molecule has 1 atom stereocenters. The minimum Gasteiger partial charge on any atom is -0.369 e. The monoisotopic (exact) mass is 440 g/mol. The predicted octanol–water partition coefficient (Wildman–Crippen LogP) is 4.48. The molecule has 1 aliphatic rings. The summed E-state index contributed by atoms with van der Waals surface area (Å²) in [7, 11) is -2.38. The van der Waals surface area contributed by atoms with Gasteiger partial charge in [-0.3, -0.25) is 0 Å². The number of thiophene rings is 1. The van der Waals surface area contributed by atoms with E-state index in [-0.39, 0.29) is 4.90 Å². The van der Waals surface area contributed by atoms with Gasteiger partial charge in [-0.2, -0.15) is 24.5 Å². The number of nitrogens with zero attached hydrogens (tertiary/aromatic N) is 1. The Morgan fingerprint density at radius 1 is 1.07 bits per heavy atom. The number of nitrogens with one attached hydrogen (secondary N) is 1. The van der Waals surface area contributed by atoms with Gasteiger partial charge < -0.3 is 10.0 Å². The van der Waals surface area contributed by atoms with Gasteiger partial charge in [0.2, 0.25) is 10.0 Å². The van der Waals surface area contributed by atoms with Crippen LogP contribution >= 0.6 is 11.3 Å². The number of anilines is 2. The van der Waals surface area contributed by atoms with E-state index in [1.807, 2.05) is 0 Å². The highest BCUT2D eigenvalue weighted by atomic mass is 32.2. The van der Waals surface area contributed by atoms with Crippen LogP contribution < -0.4 is 9.62 Å². The van der Waals surface area contributed by atoms with Crippen LogP contribution in [0.2, 0.25) is 0 Å². The predicted molar refractivity (Wildman–Crippen MR) is 105 cm³/mol. The number of aliphatic hydroxyl groups is 1. The first-order valence-electron chi connectivity index (χ1n) is 8.42. The number of hydrogen-bond donors (Lipinski definition) is 2. The van der Waals surface area contributed by atoms with Gasteiger partial charge in [0.1, 0.15) is 0 Å². The number of hydrogen-bond acceptors (Lipinski definition) is 5. The molecule has 1 aliphatic heterocycles.